The highest BCUT2D eigenvalue weighted by Gasteiger charge is 2.28. The number of ether oxygens (including phenoxy) is 2. The van der Waals surface area contributed by atoms with Crippen molar-refractivity contribution in [3.63, 3.8) is 0 Å². The van der Waals surface area contributed by atoms with Gasteiger partial charge in [-0.3, -0.25) is 23.2 Å². The van der Waals surface area contributed by atoms with Crippen molar-refractivity contribution in [2.24, 2.45) is 5.92 Å². The van der Waals surface area contributed by atoms with Crippen LogP contribution in [-0.4, -0.2) is 92.8 Å². The Morgan fingerprint density at radius 3 is 1.75 bits per heavy atom. The lowest BCUT2D eigenvalue weighted by Crippen LogP contribution is -2.30. The molecule has 0 aliphatic heterocycles. The average Bonchev–Trinajstić information content (AvgIpc) is 3.20. The van der Waals surface area contributed by atoms with E-state index in [4.69, 9.17) is 23.8 Å². The number of hydrogen-bond acceptors (Lipinski definition) is 12. The van der Waals surface area contributed by atoms with Gasteiger partial charge in [-0.15, -0.1) is 0 Å². The molecule has 0 spiro atoms. The van der Waals surface area contributed by atoms with E-state index in [9.17, 15) is 38.9 Å². The third-order valence-electron chi connectivity index (χ3n) is 9.76. The Labute approximate surface area is 360 Å². The maximum Gasteiger partial charge on any atom is 0.472 e. The second kappa shape index (κ2) is 37.8. The highest BCUT2D eigenvalue weighted by atomic mass is 31.2. The molecule has 0 aliphatic carbocycles. The fourth-order valence-electron chi connectivity index (χ4n) is 5.84. The summed E-state index contributed by atoms with van der Waals surface area (Å²) in [4.78, 5) is 52.7. The van der Waals surface area contributed by atoms with Crippen molar-refractivity contribution in [2.45, 2.75) is 193 Å². The minimum Gasteiger partial charge on any atom is -0.462 e. The van der Waals surface area contributed by atoms with Crippen LogP contribution in [0.15, 0.2) is 36.5 Å². The Morgan fingerprint density at radius 2 is 1.13 bits per heavy atom. The number of phosphoric ester groups is 2. The van der Waals surface area contributed by atoms with Gasteiger partial charge in [0.15, 0.2) is 6.10 Å². The molecule has 0 heterocycles. The zero-order valence-electron chi connectivity index (χ0n) is 36.7. The van der Waals surface area contributed by atoms with Crippen molar-refractivity contribution in [1.29, 1.82) is 0 Å². The molecule has 352 valence electrons. The monoisotopic (exact) mass is 898 g/mol. The van der Waals surface area contributed by atoms with Crippen molar-refractivity contribution in [2.75, 3.05) is 26.4 Å². The minimum atomic E-state index is -4.90. The Hall–Kier alpha value is -1.74. The molecule has 0 aromatic heterocycles. The number of aliphatic hydroxyl groups excluding tert-OH is 3. The van der Waals surface area contributed by atoms with E-state index in [-0.39, 0.29) is 32.1 Å². The van der Waals surface area contributed by atoms with Crippen LogP contribution in [0.5, 0.6) is 0 Å². The van der Waals surface area contributed by atoms with Gasteiger partial charge in [0.1, 0.15) is 12.7 Å². The number of rotatable bonds is 41. The molecular formula is C43H80O15P2. The molecule has 0 saturated carbocycles. The molecule has 60 heavy (non-hydrogen) atoms. The van der Waals surface area contributed by atoms with E-state index in [2.05, 4.69) is 48.0 Å². The summed E-state index contributed by atoms with van der Waals surface area (Å²) in [6.07, 6.45) is 27.4. The Morgan fingerprint density at radius 1 is 0.583 bits per heavy atom. The smallest absolute Gasteiger partial charge is 0.462 e. The van der Waals surface area contributed by atoms with E-state index in [0.717, 1.165) is 44.4 Å². The Balaban J connectivity index is 4.76. The van der Waals surface area contributed by atoms with Crippen molar-refractivity contribution in [1.82, 2.24) is 0 Å². The van der Waals surface area contributed by atoms with Gasteiger partial charge >= 0.3 is 27.6 Å². The zero-order chi connectivity index (χ0) is 44.9. The molecule has 0 amide bonds. The van der Waals surface area contributed by atoms with Gasteiger partial charge in [-0.2, -0.15) is 0 Å². The predicted octanol–water partition coefficient (Wildman–Crippen LogP) is 9.08. The molecule has 0 aromatic rings. The van der Waals surface area contributed by atoms with E-state index >= 15 is 0 Å². The minimum absolute atomic E-state index is 0.0943. The molecule has 0 fully saturated rings. The van der Waals surface area contributed by atoms with Crippen LogP contribution >= 0.6 is 15.6 Å². The molecule has 6 N–H and O–H groups in total. The van der Waals surface area contributed by atoms with Crippen molar-refractivity contribution < 1.29 is 71.8 Å². The van der Waals surface area contributed by atoms with Gasteiger partial charge in [0.2, 0.25) is 0 Å². The van der Waals surface area contributed by atoms with Gasteiger partial charge in [0.05, 0.1) is 32.0 Å². The van der Waals surface area contributed by atoms with Gasteiger partial charge in [-0.05, 0) is 57.3 Å². The number of allylic oxidation sites excluding steroid dienone is 5. The number of aliphatic hydroxyl groups is 3. The Kier molecular flexibility index (Phi) is 36.7. The summed E-state index contributed by atoms with van der Waals surface area (Å²) in [6, 6.07) is 0. The van der Waals surface area contributed by atoms with Crippen LogP contribution in [0.25, 0.3) is 0 Å². The van der Waals surface area contributed by atoms with Crippen LogP contribution in [0.4, 0.5) is 0 Å². The lowest BCUT2D eigenvalue weighted by atomic mass is 9.99. The second-order valence-electron chi connectivity index (χ2n) is 15.5. The summed E-state index contributed by atoms with van der Waals surface area (Å²) >= 11 is 0. The molecule has 0 radical (unpaired) electrons. The quantitative estimate of drug-likeness (QED) is 0.0145. The van der Waals surface area contributed by atoms with Gasteiger partial charge < -0.3 is 39.5 Å². The van der Waals surface area contributed by atoms with Crippen LogP contribution in [0.2, 0.25) is 0 Å². The van der Waals surface area contributed by atoms with Crippen molar-refractivity contribution >= 4 is 27.6 Å². The molecule has 0 rings (SSSR count). The van der Waals surface area contributed by atoms with E-state index in [1.165, 1.54) is 64.2 Å². The summed E-state index contributed by atoms with van der Waals surface area (Å²) in [5, 5.41) is 30.5. The van der Waals surface area contributed by atoms with Crippen LogP contribution < -0.4 is 0 Å². The number of esters is 2. The standard InChI is InChI=1S/C43H80O15P2/c1-4-6-7-8-9-10-11-12-16-19-22-25-29-40(45)41(46)30-27-32-43(48)58-39(36-57-60(52,53)56-34-38(44)33-55-59(49,50)51)35-54-42(47)31-26-23-20-17-14-13-15-18-21-24-28-37(3)5-2/h9-10,12,16,22,25,37-41,44-46H,4-8,11,13-15,17-21,23-24,26-36H2,1-3H3,(H,52,53)(H2,49,50,51)/b10-9-,16-12-,25-22-/t37?,38-,39+,40?,41?/m0/s1. The van der Waals surface area contributed by atoms with E-state index in [1.54, 1.807) is 6.08 Å². The van der Waals surface area contributed by atoms with Crippen LogP contribution in [0.3, 0.4) is 0 Å². The molecule has 4 unspecified atom stereocenters. The second-order valence-corrected chi connectivity index (χ2v) is 18.2. The lowest BCUT2D eigenvalue weighted by Gasteiger charge is -2.21. The maximum absolute atomic E-state index is 12.7. The summed E-state index contributed by atoms with van der Waals surface area (Å²) in [5.74, 6) is -0.505. The molecule has 15 nitrogen and oxygen atoms in total. The SMILES string of the molecule is CCCCC/C=C\C/C=C\C/C=C\CC(O)C(O)CCCC(=O)O[C@H](COC(=O)CCCCCCCCCCCCC(C)CC)COP(=O)(O)OC[C@@H](O)COP(=O)(O)O. The summed E-state index contributed by atoms with van der Waals surface area (Å²) in [5.41, 5.74) is 0. The van der Waals surface area contributed by atoms with Crippen molar-refractivity contribution in [3.8, 4) is 0 Å². The topological polar surface area (TPSA) is 236 Å². The number of carbonyl (C=O) groups excluding carboxylic acids is 2. The number of phosphoric acid groups is 2. The maximum atomic E-state index is 12.7. The molecule has 6 atom stereocenters. The van der Waals surface area contributed by atoms with Crippen molar-refractivity contribution in [3.05, 3.63) is 36.5 Å². The molecule has 0 aliphatic rings. The first kappa shape index (κ1) is 58.3. The summed E-state index contributed by atoms with van der Waals surface area (Å²) in [6.45, 7) is 3.72. The van der Waals surface area contributed by atoms with Crippen LogP contribution in [-0.2, 0) is 41.8 Å². The molecule has 17 heteroatoms. The summed E-state index contributed by atoms with van der Waals surface area (Å²) < 4.78 is 47.6. The summed E-state index contributed by atoms with van der Waals surface area (Å²) in [7, 11) is -9.78. The molecule has 0 saturated heterocycles. The predicted molar refractivity (Wildman–Crippen MR) is 233 cm³/mol. The third kappa shape index (κ3) is 39.1. The highest BCUT2D eigenvalue weighted by molar-refractivity contribution is 7.47. The average molecular weight is 899 g/mol. The molecular weight excluding hydrogens is 818 g/mol. The lowest BCUT2D eigenvalue weighted by molar-refractivity contribution is -0.161. The number of unbranched alkanes of at least 4 members (excludes halogenated alkanes) is 12. The first-order valence-corrected chi connectivity index (χ1v) is 25.3. The molecule has 0 aromatic carbocycles. The number of carbonyl (C=O) groups is 2. The van der Waals surface area contributed by atoms with E-state index < -0.39 is 78.4 Å². The normalized spacial score (nSPS) is 15.9. The van der Waals surface area contributed by atoms with Gasteiger partial charge in [0.25, 0.3) is 0 Å². The number of hydrogen-bond donors (Lipinski definition) is 6. The van der Waals surface area contributed by atoms with Crippen LogP contribution in [0.1, 0.15) is 168 Å². The molecule has 0 bridgehead atoms. The van der Waals surface area contributed by atoms with Gasteiger partial charge in [-0.1, -0.05) is 141 Å². The largest absolute Gasteiger partial charge is 0.472 e. The highest BCUT2D eigenvalue weighted by Crippen LogP contribution is 2.43. The van der Waals surface area contributed by atoms with Gasteiger partial charge in [-0.25, -0.2) is 9.13 Å². The first-order chi connectivity index (χ1) is 28.6. The van der Waals surface area contributed by atoms with Crippen LogP contribution in [0, 0.1) is 5.92 Å². The fourth-order valence-corrected chi connectivity index (χ4v) is 6.99. The van der Waals surface area contributed by atoms with E-state index in [1.807, 2.05) is 12.2 Å². The fraction of sp³-hybridized carbons (Fsp3) is 0.814. The zero-order valence-corrected chi connectivity index (χ0v) is 38.5. The first-order valence-electron chi connectivity index (χ1n) is 22.2. The van der Waals surface area contributed by atoms with E-state index in [0.29, 0.717) is 12.8 Å². The Bertz CT molecular complexity index is 1250. The third-order valence-corrected chi connectivity index (χ3v) is 11.2. The van der Waals surface area contributed by atoms with Gasteiger partial charge in [0, 0.05) is 12.8 Å².